The highest BCUT2D eigenvalue weighted by Gasteiger charge is 2.24. The van der Waals surface area contributed by atoms with Crippen molar-refractivity contribution in [2.24, 2.45) is 0 Å². The molecule has 3 aromatic rings. The average molecular weight is 418 g/mol. The van der Waals surface area contributed by atoms with Crippen LogP contribution in [0.3, 0.4) is 0 Å². The minimum atomic E-state index is -0.550. The molecule has 0 aliphatic heterocycles. The largest absolute Gasteiger partial charge is 0.353 e. The van der Waals surface area contributed by atoms with E-state index in [0.717, 1.165) is 0 Å². The third-order valence-corrected chi connectivity index (χ3v) is 4.87. The van der Waals surface area contributed by atoms with Crippen LogP contribution in [0.25, 0.3) is 0 Å². The fourth-order valence-electron chi connectivity index (χ4n) is 2.55. The van der Waals surface area contributed by atoms with E-state index in [4.69, 9.17) is 23.2 Å². The van der Waals surface area contributed by atoms with Crippen molar-refractivity contribution < 1.29 is 4.92 Å². The van der Waals surface area contributed by atoms with Crippen LogP contribution in [0.2, 0.25) is 10.0 Å². The molecule has 28 heavy (non-hydrogen) atoms. The first-order chi connectivity index (χ1) is 13.4. The summed E-state index contributed by atoms with van der Waals surface area (Å²) in [6, 6.07) is 12.6. The molecule has 9 heteroatoms. The van der Waals surface area contributed by atoms with Gasteiger partial charge in [0.1, 0.15) is 6.33 Å². The van der Waals surface area contributed by atoms with Crippen LogP contribution < -0.4 is 10.6 Å². The third-order valence-electron chi connectivity index (χ3n) is 4.05. The number of hydrogen-bond acceptors (Lipinski definition) is 6. The molecule has 0 saturated carbocycles. The van der Waals surface area contributed by atoms with Gasteiger partial charge in [0.15, 0.2) is 0 Å². The minimum Gasteiger partial charge on any atom is -0.334 e. The van der Waals surface area contributed by atoms with E-state index < -0.39 is 4.92 Å². The molecule has 1 aromatic heterocycles. The number of anilines is 4. The number of halogens is 2. The second-order valence-electron chi connectivity index (χ2n) is 6.30. The number of nitro groups is 1. The first-order valence-corrected chi connectivity index (χ1v) is 9.20. The fourth-order valence-corrected chi connectivity index (χ4v) is 2.90. The smallest absolute Gasteiger partial charge is 0.334 e. The molecule has 0 aliphatic rings. The van der Waals surface area contributed by atoms with Crippen LogP contribution in [0, 0.1) is 10.1 Å². The second kappa shape index (κ2) is 8.41. The molecule has 2 aromatic carbocycles. The molecule has 1 heterocycles. The number of hydrogen-bond donors (Lipinski definition) is 2. The van der Waals surface area contributed by atoms with Gasteiger partial charge in [-0.2, -0.15) is 0 Å². The first kappa shape index (κ1) is 19.9. The molecule has 3 rings (SSSR count). The third kappa shape index (κ3) is 4.32. The summed E-state index contributed by atoms with van der Waals surface area (Å²) in [4.78, 5) is 19.2. The monoisotopic (exact) mass is 417 g/mol. The second-order valence-corrected chi connectivity index (χ2v) is 7.09. The van der Waals surface area contributed by atoms with Crippen molar-refractivity contribution in [2.75, 3.05) is 10.6 Å². The number of rotatable bonds is 6. The lowest BCUT2D eigenvalue weighted by Crippen LogP contribution is -2.06. The maximum absolute atomic E-state index is 11.7. The van der Waals surface area contributed by atoms with Crippen LogP contribution in [0.4, 0.5) is 28.7 Å². The number of aromatic nitrogens is 2. The quantitative estimate of drug-likeness (QED) is 0.360. The van der Waals surface area contributed by atoms with E-state index in [-0.39, 0.29) is 22.3 Å². The van der Waals surface area contributed by atoms with Crippen LogP contribution in [-0.2, 0) is 0 Å². The summed E-state index contributed by atoms with van der Waals surface area (Å²) < 4.78 is 0. The molecule has 0 atom stereocenters. The molecule has 0 fully saturated rings. The van der Waals surface area contributed by atoms with Gasteiger partial charge in [-0.15, -0.1) is 0 Å². The van der Waals surface area contributed by atoms with Crippen molar-refractivity contribution in [2.45, 2.75) is 19.8 Å². The average Bonchev–Trinajstić information content (AvgIpc) is 2.66. The molecule has 2 N–H and O–H groups in total. The lowest BCUT2D eigenvalue weighted by atomic mass is 10.0. The summed E-state index contributed by atoms with van der Waals surface area (Å²) in [5.41, 5.74) is 1.95. The number of nitrogens with zero attached hydrogens (tertiary/aromatic N) is 3. The topological polar surface area (TPSA) is 93.0 Å². The van der Waals surface area contributed by atoms with Gasteiger partial charge < -0.3 is 10.6 Å². The Labute approximate surface area is 171 Å². The predicted octanol–water partition coefficient (Wildman–Crippen LogP) is 6.30. The Morgan fingerprint density at radius 3 is 2.25 bits per heavy atom. The molecule has 0 spiro atoms. The number of nitrogens with one attached hydrogen (secondary N) is 2. The van der Waals surface area contributed by atoms with E-state index in [1.807, 2.05) is 24.3 Å². The number of benzene rings is 2. The van der Waals surface area contributed by atoms with Crippen LogP contribution in [0.5, 0.6) is 0 Å². The Morgan fingerprint density at radius 1 is 1.00 bits per heavy atom. The van der Waals surface area contributed by atoms with Crippen molar-refractivity contribution in [3.8, 4) is 0 Å². The zero-order chi connectivity index (χ0) is 20.3. The van der Waals surface area contributed by atoms with E-state index in [1.54, 1.807) is 18.2 Å². The first-order valence-electron chi connectivity index (χ1n) is 8.44. The maximum atomic E-state index is 11.7. The van der Waals surface area contributed by atoms with Crippen molar-refractivity contribution >= 4 is 51.9 Å². The molecule has 0 aliphatic carbocycles. The van der Waals surface area contributed by atoms with E-state index in [9.17, 15) is 10.1 Å². The Hall–Kier alpha value is -2.90. The summed E-state index contributed by atoms with van der Waals surface area (Å²) in [7, 11) is 0. The SMILES string of the molecule is CC(C)c1ccc(Nc2ncnc(Nc3cccc(Cl)c3Cl)c2[N+](=O)[O-])cc1. The van der Waals surface area contributed by atoms with Gasteiger partial charge >= 0.3 is 5.69 Å². The molecule has 0 radical (unpaired) electrons. The Kier molecular flexibility index (Phi) is 5.96. The van der Waals surface area contributed by atoms with Gasteiger partial charge in [0, 0.05) is 5.69 Å². The molecular formula is C19H17Cl2N5O2. The van der Waals surface area contributed by atoms with Crippen molar-refractivity contribution in [1.82, 2.24) is 9.97 Å². The van der Waals surface area contributed by atoms with Crippen molar-refractivity contribution in [1.29, 1.82) is 0 Å². The van der Waals surface area contributed by atoms with Gasteiger partial charge in [-0.3, -0.25) is 10.1 Å². The van der Waals surface area contributed by atoms with Gasteiger partial charge in [0.05, 0.1) is 20.7 Å². The lowest BCUT2D eigenvalue weighted by Gasteiger charge is -2.12. The summed E-state index contributed by atoms with van der Waals surface area (Å²) >= 11 is 12.2. The maximum Gasteiger partial charge on any atom is 0.353 e. The van der Waals surface area contributed by atoms with Gasteiger partial charge in [0.25, 0.3) is 0 Å². The van der Waals surface area contributed by atoms with E-state index in [2.05, 4.69) is 34.4 Å². The van der Waals surface area contributed by atoms with Crippen molar-refractivity contribution in [3.05, 3.63) is 74.5 Å². The highest BCUT2D eigenvalue weighted by atomic mass is 35.5. The molecule has 0 saturated heterocycles. The van der Waals surface area contributed by atoms with Crippen LogP contribution >= 0.6 is 23.2 Å². The molecular weight excluding hydrogens is 401 g/mol. The Balaban J connectivity index is 1.95. The minimum absolute atomic E-state index is 0.00506. The standard InChI is InChI=1S/C19H17Cl2N5O2/c1-11(2)12-6-8-13(9-7-12)24-18-17(26(27)28)19(23-10-22-18)25-15-5-3-4-14(20)16(15)21/h3-11H,1-2H3,(H2,22,23,24,25). The normalized spacial score (nSPS) is 10.8. The molecule has 0 amide bonds. The fraction of sp³-hybridized carbons (Fsp3) is 0.158. The Bertz CT molecular complexity index is 1010. The zero-order valence-corrected chi connectivity index (χ0v) is 16.6. The van der Waals surface area contributed by atoms with E-state index >= 15 is 0 Å². The summed E-state index contributed by atoms with van der Waals surface area (Å²) in [6.07, 6.45) is 1.23. The highest BCUT2D eigenvalue weighted by Crippen LogP contribution is 2.36. The van der Waals surface area contributed by atoms with Crippen LogP contribution in [0.1, 0.15) is 25.3 Å². The molecule has 144 valence electrons. The molecule has 7 nitrogen and oxygen atoms in total. The summed E-state index contributed by atoms with van der Waals surface area (Å²) in [5, 5.41) is 18.1. The van der Waals surface area contributed by atoms with Gasteiger partial charge in [0.2, 0.25) is 11.6 Å². The summed E-state index contributed by atoms with van der Waals surface area (Å²) in [6.45, 7) is 4.19. The molecule has 0 unspecified atom stereocenters. The van der Waals surface area contributed by atoms with Gasteiger partial charge in [-0.1, -0.05) is 55.2 Å². The van der Waals surface area contributed by atoms with Crippen LogP contribution in [0.15, 0.2) is 48.8 Å². The summed E-state index contributed by atoms with van der Waals surface area (Å²) in [5.74, 6) is 0.462. The molecule has 0 bridgehead atoms. The van der Waals surface area contributed by atoms with Gasteiger partial charge in [-0.05, 0) is 35.7 Å². The highest BCUT2D eigenvalue weighted by molar-refractivity contribution is 6.43. The lowest BCUT2D eigenvalue weighted by molar-refractivity contribution is -0.383. The van der Waals surface area contributed by atoms with E-state index in [1.165, 1.54) is 11.9 Å². The predicted molar refractivity (Wildman–Crippen MR) is 112 cm³/mol. The zero-order valence-electron chi connectivity index (χ0n) is 15.1. The van der Waals surface area contributed by atoms with Crippen LogP contribution in [-0.4, -0.2) is 14.9 Å². The van der Waals surface area contributed by atoms with Gasteiger partial charge in [-0.25, -0.2) is 9.97 Å². The van der Waals surface area contributed by atoms with E-state index in [0.29, 0.717) is 22.3 Å². The Morgan fingerprint density at radius 2 is 1.64 bits per heavy atom. The van der Waals surface area contributed by atoms with Crippen molar-refractivity contribution in [3.63, 3.8) is 0 Å².